The minimum Gasteiger partial charge on any atom is -0.444 e. The Morgan fingerprint density at radius 1 is 1.18 bits per heavy atom. The second kappa shape index (κ2) is 8.83. The lowest BCUT2D eigenvalue weighted by Crippen LogP contribution is -2.41. The van der Waals surface area contributed by atoms with Gasteiger partial charge in [-0.1, -0.05) is 17.3 Å². The van der Waals surface area contributed by atoms with Crippen LogP contribution in [-0.2, 0) is 10.9 Å². The smallest absolute Gasteiger partial charge is 0.434 e. The topological polar surface area (TPSA) is 68.5 Å². The van der Waals surface area contributed by atoms with E-state index in [0.29, 0.717) is 24.4 Å². The summed E-state index contributed by atoms with van der Waals surface area (Å²) in [6.07, 6.45) is 3.40. The van der Waals surface area contributed by atoms with Crippen LogP contribution in [0.2, 0.25) is 0 Å². The zero-order chi connectivity index (χ0) is 23.8. The van der Waals surface area contributed by atoms with Crippen LogP contribution in [-0.4, -0.2) is 39.8 Å². The van der Waals surface area contributed by atoms with Crippen molar-refractivity contribution < 1.29 is 27.2 Å². The van der Waals surface area contributed by atoms with Crippen molar-refractivity contribution >= 4 is 12.2 Å². The van der Waals surface area contributed by atoms with Gasteiger partial charge in [-0.05, 0) is 64.5 Å². The Balaban J connectivity index is 1.53. The molecule has 0 atom stereocenters. The Morgan fingerprint density at radius 2 is 1.88 bits per heavy atom. The summed E-state index contributed by atoms with van der Waals surface area (Å²) in [7, 11) is 0. The van der Waals surface area contributed by atoms with Crippen molar-refractivity contribution in [2.24, 2.45) is 5.92 Å². The molecule has 0 bridgehead atoms. The Labute approximate surface area is 190 Å². The number of hydrogen-bond acceptors (Lipinski definition) is 5. The van der Waals surface area contributed by atoms with Gasteiger partial charge in [0.05, 0.1) is 0 Å². The van der Waals surface area contributed by atoms with Crippen LogP contribution in [0.1, 0.15) is 69.4 Å². The predicted molar refractivity (Wildman–Crippen MR) is 116 cm³/mol. The number of carbonyl (C=O) groups excluding carboxylic acids is 1. The van der Waals surface area contributed by atoms with Crippen molar-refractivity contribution in [2.45, 2.75) is 64.1 Å². The van der Waals surface area contributed by atoms with Crippen molar-refractivity contribution in [2.75, 3.05) is 13.1 Å². The third kappa shape index (κ3) is 5.57. The lowest BCUT2D eigenvalue weighted by molar-refractivity contribution is -0.140. The number of rotatable bonds is 4. The molecule has 1 amide bonds. The quantitative estimate of drug-likeness (QED) is 0.533. The van der Waals surface area contributed by atoms with Gasteiger partial charge in [0, 0.05) is 36.3 Å². The lowest BCUT2D eigenvalue weighted by atomic mass is 9.94. The van der Waals surface area contributed by atoms with Gasteiger partial charge in [-0.3, -0.25) is 4.98 Å². The van der Waals surface area contributed by atoms with Crippen LogP contribution >= 0.6 is 0 Å². The van der Waals surface area contributed by atoms with E-state index in [2.05, 4.69) is 10.1 Å². The number of piperidine rings is 1. The molecule has 2 aromatic rings. The van der Waals surface area contributed by atoms with Crippen molar-refractivity contribution in [1.82, 2.24) is 15.0 Å². The highest BCUT2D eigenvalue weighted by molar-refractivity contribution is 5.75. The molecular formula is C24H28F3N3O3. The standard InChI is InChI=1S/C24H28F3N3O3/c1-23(2,3)32-22(31)30-13-10-15(11-14-30)6-9-17-19(29-33-20(17)16-7-8-16)18-5-4-12-28-21(18)24(25,26)27/h4-6,9,12,15-16H,7-8,10-11,13-14H2,1-3H3/b9-6+. The highest BCUT2D eigenvalue weighted by Crippen LogP contribution is 2.46. The van der Waals surface area contributed by atoms with Gasteiger partial charge >= 0.3 is 12.3 Å². The molecule has 2 aromatic heterocycles. The Hall–Kier alpha value is -2.84. The van der Waals surface area contributed by atoms with E-state index in [1.807, 2.05) is 32.9 Å². The summed E-state index contributed by atoms with van der Waals surface area (Å²) < 4.78 is 51.6. The molecule has 1 saturated heterocycles. The number of likely N-dealkylation sites (tertiary alicyclic amines) is 1. The summed E-state index contributed by atoms with van der Waals surface area (Å²) in [5, 5.41) is 4.02. The van der Waals surface area contributed by atoms with E-state index in [1.54, 1.807) is 4.90 Å². The summed E-state index contributed by atoms with van der Waals surface area (Å²) in [5.41, 5.74) is -0.842. The third-order valence-corrected chi connectivity index (χ3v) is 5.76. The molecule has 0 N–H and O–H groups in total. The fourth-order valence-electron chi connectivity index (χ4n) is 3.96. The minimum atomic E-state index is -4.59. The highest BCUT2D eigenvalue weighted by Gasteiger charge is 2.38. The maximum absolute atomic E-state index is 13.5. The van der Waals surface area contributed by atoms with E-state index in [9.17, 15) is 18.0 Å². The first kappa shape index (κ1) is 23.3. The zero-order valence-corrected chi connectivity index (χ0v) is 19.0. The molecule has 0 aromatic carbocycles. The van der Waals surface area contributed by atoms with Gasteiger partial charge in [0.15, 0.2) is 5.69 Å². The molecule has 6 nitrogen and oxygen atoms in total. The molecule has 9 heteroatoms. The van der Waals surface area contributed by atoms with Crippen LogP contribution in [0.5, 0.6) is 0 Å². The Bertz CT molecular complexity index is 1030. The largest absolute Gasteiger partial charge is 0.444 e. The summed E-state index contributed by atoms with van der Waals surface area (Å²) in [6, 6.07) is 2.84. The van der Waals surface area contributed by atoms with Crippen molar-refractivity contribution in [3.63, 3.8) is 0 Å². The third-order valence-electron chi connectivity index (χ3n) is 5.76. The molecule has 1 saturated carbocycles. The monoisotopic (exact) mass is 463 g/mol. The zero-order valence-electron chi connectivity index (χ0n) is 19.0. The first-order valence-corrected chi connectivity index (χ1v) is 11.2. The first-order valence-electron chi connectivity index (χ1n) is 11.2. The van der Waals surface area contributed by atoms with Crippen LogP contribution in [0.4, 0.5) is 18.0 Å². The predicted octanol–water partition coefficient (Wildman–Crippen LogP) is 6.29. The van der Waals surface area contributed by atoms with Crippen LogP contribution in [0.15, 0.2) is 28.9 Å². The molecule has 0 radical (unpaired) electrons. The van der Waals surface area contributed by atoms with Crippen LogP contribution in [0, 0.1) is 5.92 Å². The summed E-state index contributed by atoms with van der Waals surface area (Å²) in [4.78, 5) is 17.5. The normalized spacial score (nSPS) is 18.2. The Kier molecular flexibility index (Phi) is 6.24. The van der Waals surface area contributed by atoms with Gasteiger partial charge in [-0.15, -0.1) is 0 Å². The average Bonchev–Trinajstić information content (AvgIpc) is 3.50. The van der Waals surface area contributed by atoms with Gasteiger partial charge in [0.1, 0.15) is 17.1 Å². The van der Waals surface area contributed by atoms with Gasteiger partial charge in [0.2, 0.25) is 0 Å². The highest BCUT2D eigenvalue weighted by atomic mass is 19.4. The SMILES string of the molecule is CC(C)(C)OC(=O)N1CCC(/C=C/c2c(-c3cccnc3C(F)(F)F)noc2C2CC2)CC1. The van der Waals surface area contributed by atoms with E-state index >= 15 is 0 Å². The van der Waals surface area contributed by atoms with Crippen LogP contribution in [0.3, 0.4) is 0 Å². The van der Waals surface area contributed by atoms with E-state index in [1.165, 1.54) is 12.1 Å². The molecular weight excluding hydrogens is 435 g/mol. The number of hydrogen-bond donors (Lipinski definition) is 0. The second-order valence-corrected chi connectivity index (χ2v) is 9.64. The molecule has 2 aliphatic rings. The molecule has 1 aliphatic heterocycles. The number of alkyl halides is 3. The maximum atomic E-state index is 13.5. The van der Waals surface area contributed by atoms with E-state index < -0.39 is 17.5 Å². The van der Waals surface area contributed by atoms with E-state index in [4.69, 9.17) is 9.26 Å². The van der Waals surface area contributed by atoms with Crippen molar-refractivity contribution in [1.29, 1.82) is 0 Å². The molecule has 0 unspecified atom stereocenters. The number of allylic oxidation sites excluding steroid dienone is 1. The van der Waals surface area contributed by atoms with Gasteiger partial charge in [-0.25, -0.2) is 4.79 Å². The molecule has 2 fully saturated rings. The van der Waals surface area contributed by atoms with Gasteiger partial charge in [0.25, 0.3) is 0 Å². The van der Waals surface area contributed by atoms with Gasteiger partial charge in [-0.2, -0.15) is 13.2 Å². The number of nitrogens with zero attached hydrogens (tertiary/aromatic N) is 3. The lowest BCUT2D eigenvalue weighted by Gasteiger charge is -2.32. The van der Waals surface area contributed by atoms with Crippen LogP contribution < -0.4 is 0 Å². The molecule has 178 valence electrons. The van der Waals surface area contributed by atoms with Crippen molar-refractivity contribution in [3.8, 4) is 11.3 Å². The Morgan fingerprint density at radius 3 is 2.48 bits per heavy atom. The van der Waals surface area contributed by atoms with Crippen LogP contribution in [0.25, 0.3) is 17.3 Å². The number of pyridine rings is 1. The maximum Gasteiger partial charge on any atom is 0.434 e. The molecule has 33 heavy (non-hydrogen) atoms. The van der Waals surface area contributed by atoms with E-state index in [-0.39, 0.29) is 29.2 Å². The minimum absolute atomic E-state index is 0.0833. The molecule has 4 rings (SSSR count). The second-order valence-electron chi connectivity index (χ2n) is 9.64. The first-order chi connectivity index (χ1) is 15.5. The summed E-state index contributed by atoms with van der Waals surface area (Å²) in [6.45, 7) is 6.63. The number of halogens is 3. The molecule has 0 spiro atoms. The fourth-order valence-corrected chi connectivity index (χ4v) is 3.96. The van der Waals surface area contributed by atoms with E-state index in [0.717, 1.165) is 31.9 Å². The molecule has 1 aliphatic carbocycles. The number of ether oxygens (including phenoxy) is 1. The number of aromatic nitrogens is 2. The van der Waals surface area contributed by atoms with Gasteiger partial charge < -0.3 is 14.2 Å². The number of carbonyl (C=O) groups is 1. The number of amides is 1. The summed E-state index contributed by atoms with van der Waals surface area (Å²) in [5.74, 6) is 1.00. The molecule has 3 heterocycles. The van der Waals surface area contributed by atoms with Crippen molar-refractivity contribution in [3.05, 3.63) is 41.4 Å². The average molecular weight is 464 g/mol. The fraction of sp³-hybridized carbons (Fsp3) is 0.542. The summed E-state index contributed by atoms with van der Waals surface area (Å²) >= 11 is 0.